The van der Waals surface area contributed by atoms with Crippen LogP contribution in [0.5, 0.6) is 0 Å². The maximum Gasteiger partial charge on any atom is 0.231 e. The van der Waals surface area contributed by atoms with Gasteiger partial charge in [0, 0.05) is 25.2 Å². The highest BCUT2D eigenvalue weighted by molar-refractivity contribution is 5.89. The first-order valence-electron chi connectivity index (χ1n) is 9.58. The van der Waals surface area contributed by atoms with Crippen molar-refractivity contribution in [3.05, 3.63) is 53.8 Å². The second-order valence-corrected chi connectivity index (χ2v) is 7.21. The van der Waals surface area contributed by atoms with E-state index in [4.69, 9.17) is 4.42 Å². The van der Waals surface area contributed by atoms with Crippen molar-refractivity contribution in [3.63, 3.8) is 0 Å². The molecule has 6 nitrogen and oxygen atoms in total. The second kappa shape index (κ2) is 7.96. The molecule has 1 unspecified atom stereocenters. The predicted molar refractivity (Wildman–Crippen MR) is 105 cm³/mol. The molecule has 0 aliphatic carbocycles. The minimum absolute atomic E-state index is 0.00950. The Labute approximate surface area is 162 Å². The molecule has 1 aliphatic heterocycles. The van der Waals surface area contributed by atoms with Gasteiger partial charge in [0.1, 0.15) is 18.0 Å². The van der Waals surface area contributed by atoms with E-state index in [1.807, 2.05) is 6.92 Å². The molecule has 1 fully saturated rings. The number of nitrogens with one attached hydrogen (secondary N) is 1. The fraction of sp³-hybridized carbons (Fsp3) is 0.381. The Bertz CT molecular complexity index is 987. The van der Waals surface area contributed by atoms with Gasteiger partial charge in [-0.1, -0.05) is 18.2 Å². The summed E-state index contributed by atoms with van der Waals surface area (Å²) in [5.41, 5.74) is 2.17. The molecule has 28 heavy (non-hydrogen) atoms. The average Bonchev–Trinajstić information content (AvgIpc) is 3.10. The molecule has 1 atom stereocenters. The first-order valence-corrected chi connectivity index (χ1v) is 9.58. The lowest BCUT2D eigenvalue weighted by Gasteiger charge is -2.33. The fourth-order valence-corrected chi connectivity index (χ4v) is 3.79. The number of nitrogens with zero attached hydrogens (tertiary/aromatic N) is 3. The maximum absolute atomic E-state index is 13.7. The maximum atomic E-state index is 13.7. The van der Waals surface area contributed by atoms with E-state index in [0.717, 1.165) is 36.2 Å². The van der Waals surface area contributed by atoms with E-state index in [1.54, 1.807) is 24.5 Å². The second-order valence-electron chi connectivity index (χ2n) is 7.21. The quantitative estimate of drug-likeness (QED) is 0.733. The molecule has 146 valence electrons. The van der Waals surface area contributed by atoms with Gasteiger partial charge in [-0.2, -0.15) is 0 Å². The van der Waals surface area contributed by atoms with Gasteiger partial charge in [-0.15, -0.1) is 0 Å². The zero-order chi connectivity index (χ0) is 19.5. The topological polar surface area (TPSA) is 71.3 Å². The van der Waals surface area contributed by atoms with E-state index in [0.29, 0.717) is 30.8 Å². The first-order chi connectivity index (χ1) is 13.6. The number of fused-ring (bicyclic) bond motifs is 1. The van der Waals surface area contributed by atoms with E-state index in [-0.39, 0.29) is 17.6 Å². The summed E-state index contributed by atoms with van der Waals surface area (Å²) in [6, 6.07) is 6.66. The van der Waals surface area contributed by atoms with Crippen molar-refractivity contribution in [2.75, 3.05) is 24.5 Å². The standard InChI is InChI=1S/C21H23FN4O2/c1-14-12-28-21-18(14)19(24-13-25-21)26-10-4-6-16(11-26)20(27)23-9-8-15-5-2-3-7-17(15)22/h2-3,5,7,12-13,16H,4,6,8-11H2,1H3,(H,23,27). The van der Waals surface area contributed by atoms with Crippen LogP contribution < -0.4 is 10.2 Å². The van der Waals surface area contributed by atoms with Crippen LogP contribution in [0.15, 0.2) is 41.3 Å². The number of rotatable bonds is 5. The summed E-state index contributed by atoms with van der Waals surface area (Å²) in [5.74, 6) is 0.478. The number of amides is 1. The van der Waals surface area contributed by atoms with Crippen molar-refractivity contribution >= 4 is 22.8 Å². The summed E-state index contributed by atoms with van der Waals surface area (Å²) in [5, 5.41) is 3.87. The van der Waals surface area contributed by atoms with Crippen LogP contribution in [0.1, 0.15) is 24.0 Å². The molecule has 4 rings (SSSR count). The highest BCUT2D eigenvalue weighted by atomic mass is 19.1. The van der Waals surface area contributed by atoms with E-state index < -0.39 is 0 Å². The zero-order valence-corrected chi connectivity index (χ0v) is 15.8. The van der Waals surface area contributed by atoms with Crippen LogP contribution in [0.4, 0.5) is 10.2 Å². The van der Waals surface area contributed by atoms with Crippen LogP contribution in [0.2, 0.25) is 0 Å². The number of aromatic nitrogens is 2. The monoisotopic (exact) mass is 382 g/mol. The summed E-state index contributed by atoms with van der Waals surface area (Å²) in [4.78, 5) is 23.4. The molecule has 0 spiro atoms. The molecule has 1 amide bonds. The van der Waals surface area contributed by atoms with Crippen LogP contribution in [0, 0.1) is 18.7 Å². The van der Waals surface area contributed by atoms with Crippen LogP contribution in [0.3, 0.4) is 0 Å². The van der Waals surface area contributed by atoms with Crippen LogP contribution in [-0.2, 0) is 11.2 Å². The van der Waals surface area contributed by atoms with Crippen LogP contribution in [-0.4, -0.2) is 35.5 Å². The number of carbonyl (C=O) groups is 1. The number of aryl methyl sites for hydroxylation is 1. The molecule has 2 aromatic heterocycles. The van der Waals surface area contributed by atoms with Crippen molar-refractivity contribution in [2.45, 2.75) is 26.2 Å². The largest absolute Gasteiger partial charge is 0.446 e. The Hall–Kier alpha value is -2.96. The van der Waals surface area contributed by atoms with Gasteiger partial charge in [-0.3, -0.25) is 4.79 Å². The van der Waals surface area contributed by atoms with Crippen LogP contribution in [0.25, 0.3) is 11.1 Å². The lowest BCUT2D eigenvalue weighted by atomic mass is 9.96. The lowest BCUT2D eigenvalue weighted by molar-refractivity contribution is -0.125. The highest BCUT2D eigenvalue weighted by Crippen LogP contribution is 2.30. The van der Waals surface area contributed by atoms with E-state index in [9.17, 15) is 9.18 Å². The smallest absolute Gasteiger partial charge is 0.231 e. The van der Waals surface area contributed by atoms with Gasteiger partial charge in [0.15, 0.2) is 0 Å². The molecular weight excluding hydrogens is 359 g/mol. The van der Waals surface area contributed by atoms with E-state index >= 15 is 0 Å². The fourth-order valence-electron chi connectivity index (χ4n) is 3.79. The third kappa shape index (κ3) is 3.69. The number of hydrogen-bond acceptors (Lipinski definition) is 5. The van der Waals surface area contributed by atoms with Crippen LogP contribution >= 0.6 is 0 Å². The minimum Gasteiger partial charge on any atom is -0.446 e. The molecule has 3 heterocycles. The van der Waals surface area contributed by atoms with Gasteiger partial charge in [0.05, 0.1) is 17.6 Å². The molecule has 0 saturated carbocycles. The first kappa shape index (κ1) is 18.4. The minimum atomic E-state index is -0.233. The highest BCUT2D eigenvalue weighted by Gasteiger charge is 2.28. The molecule has 1 aromatic carbocycles. The molecule has 1 aliphatic rings. The molecule has 1 N–H and O–H groups in total. The van der Waals surface area contributed by atoms with E-state index in [1.165, 1.54) is 12.4 Å². The summed E-state index contributed by atoms with van der Waals surface area (Å²) < 4.78 is 19.2. The number of halogens is 1. The Balaban J connectivity index is 1.40. The summed E-state index contributed by atoms with van der Waals surface area (Å²) in [6.07, 6.45) is 5.41. The van der Waals surface area contributed by atoms with Crippen molar-refractivity contribution in [3.8, 4) is 0 Å². The van der Waals surface area contributed by atoms with Gasteiger partial charge in [-0.25, -0.2) is 14.4 Å². The normalized spacial score (nSPS) is 17.1. The number of hydrogen-bond donors (Lipinski definition) is 1. The Morgan fingerprint density at radius 2 is 2.21 bits per heavy atom. The van der Waals surface area contributed by atoms with Gasteiger partial charge in [-0.05, 0) is 37.8 Å². The molecule has 7 heteroatoms. The predicted octanol–water partition coefficient (Wildman–Crippen LogP) is 3.25. The van der Waals surface area contributed by atoms with E-state index in [2.05, 4.69) is 20.2 Å². The Morgan fingerprint density at radius 3 is 3.07 bits per heavy atom. The van der Waals surface area contributed by atoms with Gasteiger partial charge < -0.3 is 14.6 Å². The Morgan fingerprint density at radius 1 is 1.36 bits per heavy atom. The third-order valence-electron chi connectivity index (χ3n) is 5.28. The number of benzene rings is 1. The summed E-state index contributed by atoms with van der Waals surface area (Å²) in [7, 11) is 0. The lowest BCUT2D eigenvalue weighted by Crippen LogP contribution is -2.44. The number of piperidine rings is 1. The van der Waals surface area contributed by atoms with Crippen molar-refractivity contribution in [1.82, 2.24) is 15.3 Å². The van der Waals surface area contributed by atoms with Gasteiger partial charge in [0.25, 0.3) is 0 Å². The average molecular weight is 382 g/mol. The summed E-state index contributed by atoms with van der Waals surface area (Å²) >= 11 is 0. The molecule has 0 bridgehead atoms. The molecule has 3 aromatic rings. The number of furan rings is 1. The van der Waals surface area contributed by atoms with Crippen molar-refractivity contribution in [2.24, 2.45) is 5.92 Å². The van der Waals surface area contributed by atoms with Gasteiger partial charge >= 0.3 is 0 Å². The Kier molecular flexibility index (Phi) is 5.23. The molecule has 1 saturated heterocycles. The number of carbonyl (C=O) groups excluding carboxylic acids is 1. The SMILES string of the molecule is Cc1coc2ncnc(N3CCCC(C(=O)NCCc4ccccc4F)C3)c12. The zero-order valence-electron chi connectivity index (χ0n) is 15.8. The van der Waals surface area contributed by atoms with Crippen molar-refractivity contribution < 1.29 is 13.6 Å². The summed E-state index contributed by atoms with van der Waals surface area (Å²) in [6.45, 7) is 3.84. The molecule has 0 radical (unpaired) electrons. The number of anilines is 1. The molecular formula is C21H23FN4O2. The van der Waals surface area contributed by atoms with Gasteiger partial charge in [0.2, 0.25) is 11.6 Å². The van der Waals surface area contributed by atoms with Crippen molar-refractivity contribution in [1.29, 1.82) is 0 Å². The third-order valence-corrected chi connectivity index (χ3v) is 5.28.